The number of nitrogens with zero attached hydrogens (tertiary/aromatic N) is 2. The number of aromatic nitrogens is 2. The monoisotopic (exact) mass is 428 g/mol. The average molecular weight is 428 g/mol. The Hall–Kier alpha value is -3.24. The summed E-state index contributed by atoms with van der Waals surface area (Å²) in [6, 6.07) is 3.91. The number of anilines is 1. The van der Waals surface area contributed by atoms with Gasteiger partial charge in [0.05, 0.1) is 6.04 Å². The van der Waals surface area contributed by atoms with Crippen molar-refractivity contribution in [2.24, 2.45) is 0 Å². The van der Waals surface area contributed by atoms with E-state index in [1.807, 2.05) is 0 Å². The first kappa shape index (κ1) is 23.0. The Morgan fingerprint density at radius 2 is 1.93 bits per heavy atom. The number of pyridine rings is 2. The van der Waals surface area contributed by atoms with Crippen molar-refractivity contribution in [2.45, 2.75) is 39.2 Å². The van der Waals surface area contributed by atoms with Crippen LogP contribution in [-0.4, -0.2) is 40.7 Å². The summed E-state index contributed by atoms with van der Waals surface area (Å²) in [6.45, 7) is 3.01. The van der Waals surface area contributed by atoms with Gasteiger partial charge in [0, 0.05) is 30.4 Å². The average Bonchev–Trinajstić information content (AvgIpc) is 2.66. The number of halogens is 4. The molecule has 7 nitrogen and oxygen atoms in total. The van der Waals surface area contributed by atoms with Crippen molar-refractivity contribution in [3.05, 3.63) is 47.3 Å². The van der Waals surface area contributed by atoms with Crippen molar-refractivity contribution in [2.75, 3.05) is 11.9 Å². The van der Waals surface area contributed by atoms with Crippen LogP contribution in [0.25, 0.3) is 0 Å². The highest BCUT2D eigenvalue weighted by atomic mass is 19.3. The van der Waals surface area contributed by atoms with E-state index in [-0.39, 0.29) is 23.2 Å². The summed E-state index contributed by atoms with van der Waals surface area (Å²) < 4.78 is 55.2. The summed E-state index contributed by atoms with van der Waals surface area (Å²) in [4.78, 5) is 31.4. The maximum atomic E-state index is 13.0. The normalized spacial score (nSPS) is 12.4. The highest BCUT2D eigenvalue weighted by Gasteiger charge is 2.42. The maximum Gasteiger partial charge on any atom is 0.340 e. The number of carbonyl (C=O) groups is 2. The smallest absolute Gasteiger partial charge is 0.340 e. The van der Waals surface area contributed by atoms with Crippen LogP contribution >= 0.6 is 0 Å². The molecular weight excluding hydrogens is 408 g/mol. The van der Waals surface area contributed by atoms with E-state index < -0.39 is 30.9 Å². The molecule has 0 bridgehead atoms. The van der Waals surface area contributed by atoms with Gasteiger partial charge in [-0.05, 0) is 37.6 Å². The first-order valence-corrected chi connectivity index (χ1v) is 8.79. The quantitative estimate of drug-likeness (QED) is 0.628. The summed E-state index contributed by atoms with van der Waals surface area (Å²) in [7, 11) is 0. The topological polar surface area (TPSA) is 93.2 Å². The molecule has 1 unspecified atom stereocenters. The zero-order valence-corrected chi connectivity index (χ0v) is 16.4. The summed E-state index contributed by atoms with van der Waals surface area (Å²) in [5.41, 5.74) is 1.15. The van der Waals surface area contributed by atoms with Gasteiger partial charge in [-0.25, -0.2) is 18.7 Å². The minimum Gasteiger partial charge on any atom is -0.471 e. The van der Waals surface area contributed by atoms with Crippen LogP contribution in [0.5, 0.6) is 5.88 Å². The Morgan fingerprint density at radius 1 is 1.23 bits per heavy atom. The lowest BCUT2D eigenvalue weighted by Crippen LogP contribution is -2.34. The largest absolute Gasteiger partial charge is 0.471 e. The number of hydrogen-bond donors (Lipinski definition) is 2. The number of amides is 2. The zero-order chi connectivity index (χ0) is 22.5. The molecular formula is C19H20F4N4O3. The minimum atomic E-state index is -4.28. The number of aryl methyl sites for hydroxylation is 1. The molecule has 11 heteroatoms. The molecule has 0 aromatic carbocycles. The number of nitrogens with one attached hydrogen (secondary N) is 2. The first-order chi connectivity index (χ1) is 14.0. The molecule has 0 saturated heterocycles. The Balaban J connectivity index is 2.05. The molecule has 0 aliphatic heterocycles. The van der Waals surface area contributed by atoms with Crippen LogP contribution in [0.4, 0.5) is 23.4 Å². The van der Waals surface area contributed by atoms with Gasteiger partial charge in [-0.15, -0.1) is 0 Å². The molecule has 2 heterocycles. The van der Waals surface area contributed by atoms with Gasteiger partial charge in [0.1, 0.15) is 5.82 Å². The lowest BCUT2D eigenvalue weighted by Gasteiger charge is -2.18. The van der Waals surface area contributed by atoms with Crippen molar-refractivity contribution >= 4 is 17.6 Å². The molecule has 0 aliphatic rings. The van der Waals surface area contributed by atoms with Crippen LogP contribution in [0, 0.1) is 6.92 Å². The van der Waals surface area contributed by atoms with Gasteiger partial charge in [0.15, 0.2) is 6.61 Å². The molecule has 1 atom stereocenters. The predicted octanol–water partition coefficient (Wildman–Crippen LogP) is 3.51. The Morgan fingerprint density at radius 3 is 2.53 bits per heavy atom. The third kappa shape index (κ3) is 6.13. The van der Waals surface area contributed by atoms with E-state index in [0.717, 1.165) is 0 Å². The summed E-state index contributed by atoms with van der Waals surface area (Å²) >= 11 is 0. The van der Waals surface area contributed by atoms with Gasteiger partial charge >= 0.3 is 12.3 Å². The van der Waals surface area contributed by atoms with Gasteiger partial charge in [-0.1, -0.05) is 0 Å². The second kappa shape index (κ2) is 9.51. The van der Waals surface area contributed by atoms with Crippen LogP contribution in [0.3, 0.4) is 0 Å². The van der Waals surface area contributed by atoms with Crippen LogP contribution in [0.1, 0.15) is 41.4 Å². The molecule has 30 heavy (non-hydrogen) atoms. The highest BCUT2D eigenvalue weighted by Crippen LogP contribution is 2.26. The molecule has 0 spiro atoms. The zero-order valence-electron chi connectivity index (χ0n) is 16.4. The molecule has 2 N–H and O–H groups in total. The van der Waals surface area contributed by atoms with Crippen LogP contribution < -0.4 is 15.4 Å². The third-order valence-electron chi connectivity index (χ3n) is 3.95. The van der Waals surface area contributed by atoms with E-state index in [9.17, 15) is 27.2 Å². The summed E-state index contributed by atoms with van der Waals surface area (Å²) in [5.74, 6) is -5.03. The Bertz CT molecular complexity index is 924. The third-order valence-corrected chi connectivity index (χ3v) is 3.95. The summed E-state index contributed by atoms with van der Waals surface area (Å²) in [5, 5.41) is 5.21. The van der Waals surface area contributed by atoms with E-state index in [4.69, 9.17) is 4.74 Å². The van der Waals surface area contributed by atoms with Crippen molar-refractivity contribution in [1.29, 1.82) is 0 Å². The molecule has 2 amide bonds. The Labute approximate surface area is 169 Å². The van der Waals surface area contributed by atoms with Crippen molar-refractivity contribution in [1.82, 2.24) is 15.3 Å². The van der Waals surface area contributed by atoms with Crippen LogP contribution in [-0.2, 0) is 4.79 Å². The second-order valence-electron chi connectivity index (χ2n) is 6.55. The lowest BCUT2D eigenvalue weighted by atomic mass is 10.1. The highest BCUT2D eigenvalue weighted by molar-refractivity contribution is 5.96. The van der Waals surface area contributed by atoms with E-state index >= 15 is 0 Å². The fourth-order valence-electron chi connectivity index (χ4n) is 2.38. The second-order valence-corrected chi connectivity index (χ2v) is 6.55. The number of rotatable bonds is 8. The van der Waals surface area contributed by atoms with Gasteiger partial charge in [-0.2, -0.15) is 8.78 Å². The Kier molecular flexibility index (Phi) is 7.30. The van der Waals surface area contributed by atoms with E-state index in [1.165, 1.54) is 38.4 Å². The summed E-state index contributed by atoms with van der Waals surface area (Å²) in [6.07, 6.45) is -1.17. The SMILES string of the molecule is CC(=O)Nc1cc(C(=O)NC(C)c2cnc(OCC(F)(F)C(F)F)c(C)c2)ccn1. The molecule has 162 valence electrons. The number of carbonyl (C=O) groups excluding carboxylic acids is 2. The molecule has 0 saturated carbocycles. The van der Waals surface area contributed by atoms with Crippen molar-refractivity contribution in [3.8, 4) is 5.88 Å². The molecule has 2 aromatic heterocycles. The van der Waals surface area contributed by atoms with E-state index in [1.54, 1.807) is 13.0 Å². The molecule has 0 radical (unpaired) electrons. The first-order valence-electron chi connectivity index (χ1n) is 8.79. The fraction of sp³-hybridized carbons (Fsp3) is 0.368. The lowest BCUT2D eigenvalue weighted by molar-refractivity contribution is -0.148. The van der Waals surface area contributed by atoms with Crippen LogP contribution in [0.2, 0.25) is 0 Å². The number of alkyl halides is 4. The minimum absolute atomic E-state index is 0.202. The maximum absolute atomic E-state index is 13.0. The predicted molar refractivity (Wildman–Crippen MR) is 99.8 cm³/mol. The van der Waals surface area contributed by atoms with Gasteiger partial charge in [0.2, 0.25) is 11.8 Å². The standard InChI is InChI=1S/C19H20F4N4O3/c1-10-6-14(8-25-17(10)30-9-19(22,23)18(20)21)11(2)26-16(29)13-4-5-24-15(7-13)27-12(3)28/h4-8,11,18H,9H2,1-3H3,(H,26,29)(H,24,27,28). The van der Waals surface area contributed by atoms with Crippen molar-refractivity contribution in [3.63, 3.8) is 0 Å². The fourth-order valence-corrected chi connectivity index (χ4v) is 2.38. The van der Waals surface area contributed by atoms with E-state index in [0.29, 0.717) is 11.1 Å². The number of ether oxygens (including phenoxy) is 1. The molecule has 2 aromatic rings. The van der Waals surface area contributed by atoms with E-state index in [2.05, 4.69) is 20.6 Å². The van der Waals surface area contributed by atoms with Crippen molar-refractivity contribution < 1.29 is 31.9 Å². The van der Waals surface area contributed by atoms with Gasteiger partial charge < -0.3 is 15.4 Å². The van der Waals surface area contributed by atoms with Crippen LogP contribution in [0.15, 0.2) is 30.6 Å². The molecule has 0 aliphatic carbocycles. The molecule has 0 fully saturated rings. The molecule has 2 rings (SSSR count). The van der Waals surface area contributed by atoms with Gasteiger partial charge in [0.25, 0.3) is 5.91 Å². The van der Waals surface area contributed by atoms with Gasteiger partial charge in [-0.3, -0.25) is 9.59 Å². The number of hydrogen-bond acceptors (Lipinski definition) is 5.